The number of carbonyl (C=O) groups excluding carboxylic acids is 1. The van der Waals surface area contributed by atoms with Crippen LogP contribution in [-0.4, -0.2) is 33.0 Å². The van der Waals surface area contributed by atoms with Crippen molar-refractivity contribution >= 4 is 6.29 Å². The van der Waals surface area contributed by atoms with Gasteiger partial charge in [-0.3, -0.25) is 0 Å². The van der Waals surface area contributed by atoms with Crippen LogP contribution in [-0.2, 0) is 25.9 Å². The van der Waals surface area contributed by atoms with Gasteiger partial charge >= 0.3 is 0 Å². The van der Waals surface area contributed by atoms with Crippen molar-refractivity contribution < 1.29 is 25.9 Å². The van der Waals surface area contributed by atoms with E-state index < -0.39 is 0 Å². The van der Waals surface area contributed by atoms with Crippen molar-refractivity contribution in [3.05, 3.63) is 0 Å². The third-order valence-corrected chi connectivity index (χ3v) is 1.66. The molecule has 0 saturated heterocycles. The second-order valence-corrected chi connectivity index (χ2v) is 2.56. The summed E-state index contributed by atoms with van der Waals surface area (Å²) in [5.41, 5.74) is 0. The fourth-order valence-electron chi connectivity index (χ4n) is 0.912. The Labute approximate surface area is 88.9 Å². The van der Waals surface area contributed by atoms with E-state index in [1.807, 2.05) is 13.3 Å². The molecule has 0 fully saturated rings. The molecule has 3 nitrogen and oxygen atoms in total. The first-order valence-corrected chi connectivity index (χ1v) is 4.04. The molecular weight excluding hydrogens is 324 g/mol. The van der Waals surface area contributed by atoms with E-state index in [1.54, 1.807) is 7.05 Å². The van der Waals surface area contributed by atoms with Gasteiger partial charge in [0.15, 0.2) is 0 Å². The Morgan fingerprint density at radius 3 is 2.42 bits per heavy atom. The minimum atomic E-state index is -0.0770. The first-order chi connectivity index (χ1) is 5.35. The van der Waals surface area contributed by atoms with Gasteiger partial charge < -0.3 is 15.4 Å². The first kappa shape index (κ1) is 14.8. The molecule has 12 heavy (non-hydrogen) atoms. The van der Waals surface area contributed by atoms with Gasteiger partial charge in [0.25, 0.3) is 0 Å². The number of unbranched alkanes of at least 4 members (excludes halogenated alkanes) is 1. The molecule has 4 heteroatoms. The molecular formula is C8H17N2OW-. The van der Waals surface area contributed by atoms with Gasteiger partial charge in [0, 0.05) is 21.1 Å². The Balaban J connectivity index is 0. The minimum absolute atomic E-state index is 0. The van der Waals surface area contributed by atoms with Gasteiger partial charge in [0.05, 0.1) is 0 Å². The van der Waals surface area contributed by atoms with Gasteiger partial charge in [-0.1, -0.05) is 18.9 Å². The summed E-state index contributed by atoms with van der Waals surface area (Å²) in [5.74, 6) is 0. The summed E-state index contributed by atoms with van der Waals surface area (Å²) in [5, 5.41) is 5.94. The zero-order valence-corrected chi connectivity index (χ0v) is 10.7. The smallest absolute Gasteiger partial charge is 0 e. The predicted octanol–water partition coefficient (Wildman–Crippen LogP) is 0.0713. The van der Waals surface area contributed by atoms with E-state index in [9.17, 15) is 4.79 Å². The zero-order chi connectivity index (χ0) is 8.53. The second-order valence-electron chi connectivity index (χ2n) is 2.56. The monoisotopic (exact) mass is 341 g/mol. The maximum Gasteiger partial charge on any atom is 0 e. The quantitative estimate of drug-likeness (QED) is 0.509. The fourth-order valence-corrected chi connectivity index (χ4v) is 0.912. The molecule has 0 heterocycles. The van der Waals surface area contributed by atoms with Crippen molar-refractivity contribution in [2.24, 2.45) is 0 Å². The van der Waals surface area contributed by atoms with E-state index in [0.29, 0.717) is 0 Å². The molecule has 0 saturated carbocycles. The van der Waals surface area contributed by atoms with Gasteiger partial charge in [-0.15, -0.1) is 0 Å². The molecule has 0 aliphatic heterocycles. The summed E-state index contributed by atoms with van der Waals surface area (Å²) in [6.07, 6.45) is 5.03. The normalized spacial score (nSPS) is 11.8. The van der Waals surface area contributed by atoms with Crippen LogP contribution >= 0.6 is 0 Å². The molecule has 0 aromatic rings. The van der Waals surface area contributed by atoms with Crippen molar-refractivity contribution in [2.45, 2.75) is 25.3 Å². The van der Waals surface area contributed by atoms with Crippen LogP contribution in [0.4, 0.5) is 0 Å². The van der Waals surface area contributed by atoms with Gasteiger partial charge in [-0.2, -0.15) is 0 Å². The van der Waals surface area contributed by atoms with Crippen molar-refractivity contribution in [1.82, 2.24) is 10.6 Å². The Bertz CT molecular complexity index is 101. The summed E-state index contributed by atoms with van der Waals surface area (Å²) in [6.45, 7) is 1.02. The van der Waals surface area contributed by atoms with Crippen LogP contribution in [0.5, 0.6) is 0 Å². The molecule has 0 aromatic heterocycles. The molecule has 0 spiro atoms. The van der Waals surface area contributed by atoms with Crippen molar-refractivity contribution in [1.29, 1.82) is 0 Å². The molecule has 72 valence electrons. The molecule has 0 aromatic carbocycles. The van der Waals surface area contributed by atoms with E-state index in [0.717, 1.165) is 25.8 Å². The average molecular weight is 341 g/mol. The van der Waals surface area contributed by atoms with Crippen molar-refractivity contribution in [3.63, 3.8) is 0 Å². The molecule has 1 atom stereocenters. The third kappa shape index (κ3) is 8.38. The van der Waals surface area contributed by atoms with Crippen molar-refractivity contribution in [3.8, 4) is 0 Å². The van der Waals surface area contributed by atoms with Crippen LogP contribution in [0.2, 0.25) is 0 Å². The second kappa shape index (κ2) is 11.3. The van der Waals surface area contributed by atoms with Crippen LogP contribution in [0, 0.1) is 0 Å². The number of hydrogen-bond acceptors (Lipinski definition) is 3. The molecule has 0 aliphatic rings. The predicted molar refractivity (Wildman–Crippen MR) is 46.3 cm³/mol. The number of nitrogens with one attached hydrogen (secondary N) is 2. The van der Waals surface area contributed by atoms with Gasteiger partial charge in [0.1, 0.15) is 0 Å². The standard InChI is InChI=1S/C8H17N2O.W/c1-9-6-4-3-5-8(7-11)10-2;/h8-10H,3-6H2,1-2H3;/q-1;. The summed E-state index contributed by atoms with van der Waals surface area (Å²) in [6, 6.07) is -0.0770. The van der Waals surface area contributed by atoms with E-state index in [-0.39, 0.29) is 27.1 Å². The maximum absolute atomic E-state index is 10.2. The summed E-state index contributed by atoms with van der Waals surface area (Å²) >= 11 is 0. The molecule has 0 radical (unpaired) electrons. The number of hydrogen-bond donors (Lipinski definition) is 2. The molecule has 1 unspecified atom stereocenters. The van der Waals surface area contributed by atoms with E-state index >= 15 is 0 Å². The third-order valence-electron chi connectivity index (χ3n) is 1.66. The zero-order valence-electron chi connectivity index (χ0n) is 7.72. The molecule has 0 bridgehead atoms. The van der Waals surface area contributed by atoms with E-state index in [2.05, 4.69) is 10.6 Å². The van der Waals surface area contributed by atoms with Crippen LogP contribution in [0.3, 0.4) is 0 Å². The average Bonchev–Trinajstić information content (AvgIpc) is 2.05. The molecule has 2 N–H and O–H groups in total. The molecule has 0 aliphatic carbocycles. The van der Waals surface area contributed by atoms with Crippen LogP contribution < -0.4 is 10.6 Å². The van der Waals surface area contributed by atoms with Crippen molar-refractivity contribution in [2.75, 3.05) is 20.6 Å². The SMILES string of the molecule is CNCCCCC([C-]=O)NC.[W]. The largest absolute Gasteiger partial charge is 0.540 e. The minimum Gasteiger partial charge on any atom is -0.540 e. The number of rotatable bonds is 7. The summed E-state index contributed by atoms with van der Waals surface area (Å²) < 4.78 is 0. The van der Waals surface area contributed by atoms with Gasteiger partial charge in [-0.25, -0.2) is 6.29 Å². The van der Waals surface area contributed by atoms with Crippen LogP contribution in [0.25, 0.3) is 0 Å². The van der Waals surface area contributed by atoms with Gasteiger partial charge in [0.2, 0.25) is 0 Å². The van der Waals surface area contributed by atoms with E-state index in [4.69, 9.17) is 0 Å². The summed E-state index contributed by atoms with van der Waals surface area (Å²) in [4.78, 5) is 10.2. The fraction of sp³-hybridized carbons (Fsp3) is 0.875. The Morgan fingerprint density at radius 1 is 1.33 bits per heavy atom. The first-order valence-electron chi connectivity index (χ1n) is 4.04. The Morgan fingerprint density at radius 2 is 2.00 bits per heavy atom. The summed E-state index contributed by atoms with van der Waals surface area (Å²) in [7, 11) is 3.72. The van der Waals surface area contributed by atoms with Gasteiger partial charge in [-0.05, 0) is 27.1 Å². The molecule has 0 amide bonds. The topological polar surface area (TPSA) is 41.1 Å². The van der Waals surface area contributed by atoms with E-state index in [1.165, 1.54) is 0 Å². The van der Waals surface area contributed by atoms with Crippen LogP contribution in [0.15, 0.2) is 0 Å². The maximum atomic E-state index is 10.2. The van der Waals surface area contributed by atoms with Crippen LogP contribution in [0.1, 0.15) is 19.3 Å². The Kier molecular flexibility index (Phi) is 13.9. The Hall–Kier alpha value is 0.278. The molecule has 0 rings (SSSR count). The number of likely N-dealkylation sites (N-methyl/N-ethyl adjacent to an activating group) is 1.